The molecule has 3 fully saturated rings. The first kappa shape index (κ1) is 59.3. The number of carbonyl (C=O) groups excluding carboxylic acids is 10. The molecule has 1 aliphatic carbocycles. The number of benzene rings is 1. The number of hydrogen-bond acceptors (Lipinski definition) is 14. The summed E-state index contributed by atoms with van der Waals surface area (Å²) < 4.78 is -0.604. The largest absolute Gasteiger partial charge is 0.481 e. The number of thioether (sulfide) groups is 2. The van der Waals surface area contributed by atoms with Crippen molar-refractivity contribution in [2.24, 2.45) is 17.6 Å². The highest BCUT2D eigenvalue weighted by Gasteiger charge is 2.53. The summed E-state index contributed by atoms with van der Waals surface area (Å²) in [5.41, 5.74) is 5.90. The summed E-state index contributed by atoms with van der Waals surface area (Å²) in [5.74, 6) is -10.6. The maximum absolute atomic E-state index is 15.1. The van der Waals surface area contributed by atoms with Gasteiger partial charge in [-0.25, -0.2) is 0 Å². The topological polar surface area (TPSA) is 359 Å². The molecule has 3 aliphatic rings. The lowest BCUT2D eigenvalue weighted by Gasteiger charge is -2.36. The van der Waals surface area contributed by atoms with E-state index in [1.165, 1.54) is 4.90 Å². The van der Waals surface area contributed by atoms with Crippen LogP contribution in [0, 0.1) is 11.8 Å². The van der Waals surface area contributed by atoms with Crippen LogP contribution >= 0.6 is 23.5 Å². The van der Waals surface area contributed by atoms with Crippen LogP contribution in [0.5, 0.6) is 0 Å². The van der Waals surface area contributed by atoms with Crippen LogP contribution in [0.1, 0.15) is 116 Å². The molecule has 0 radical (unpaired) electrons. The lowest BCUT2D eigenvalue weighted by atomic mass is 9.83. The summed E-state index contributed by atoms with van der Waals surface area (Å²) in [7, 11) is 0. The number of aliphatic carboxylic acids is 2. The number of nitrogens with two attached hydrogens (primary N) is 1. The molecule has 25 heteroatoms. The summed E-state index contributed by atoms with van der Waals surface area (Å²) in [4.78, 5) is 159. The van der Waals surface area contributed by atoms with Gasteiger partial charge in [0.15, 0.2) is 0 Å². The molecular weight excluding hydrogens is 991 g/mol. The minimum atomic E-state index is -1.55. The quantitative estimate of drug-likeness (QED) is 0.0519. The Kier molecular flexibility index (Phi) is 23.0. The van der Waals surface area contributed by atoms with Crippen molar-refractivity contribution in [3.8, 4) is 0 Å². The van der Waals surface area contributed by atoms with Gasteiger partial charge in [-0.3, -0.25) is 57.5 Å². The number of primary amides is 1. The van der Waals surface area contributed by atoms with Crippen molar-refractivity contribution >= 4 is 94.4 Å². The van der Waals surface area contributed by atoms with E-state index >= 15 is 4.79 Å². The Morgan fingerprint density at radius 2 is 1.33 bits per heavy atom. The van der Waals surface area contributed by atoms with E-state index in [1.807, 2.05) is 0 Å². The van der Waals surface area contributed by atoms with Crippen molar-refractivity contribution in [3.05, 3.63) is 35.9 Å². The van der Waals surface area contributed by atoms with Crippen molar-refractivity contribution in [3.63, 3.8) is 0 Å². The van der Waals surface area contributed by atoms with Gasteiger partial charge in [0.2, 0.25) is 53.0 Å². The number of rotatable bonds is 27. The van der Waals surface area contributed by atoms with E-state index in [9.17, 15) is 63.0 Å². The molecule has 9 amide bonds. The van der Waals surface area contributed by atoms with Gasteiger partial charge in [-0.1, -0.05) is 76.8 Å². The standard InChI is InChI=1S/C48H69N9O14S2/c1-5-12-30(40(64)46(70)50-24-34(59)54-38(41(49)65)28-13-8-6-9-14-28)52-44(68)33-23-48(72-21-22-73-48)25-57(33)47(71)39(29-15-10-7-11-16-29)56-45(69)37(26(2)3)55-43(67)32(18-20-36(62)63)53-42(66)31(51-27(4)58)17-19-35(60)61/h6,8-9,13-14,26,29-33,37-39H,5,7,10-12,15-25H2,1-4H3,(H2,49,65)(H,50,70)(H,51,58)(H,52,68)(H,53,66)(H,54,59)(H,55,67)(H,56,69)(H,60,61)(H,62,63)/t30?,31?,32?,33-,37?,38?,39?/m0/s1. The molecule has 2 aliphatic heterocycles. The van der Waals surface area contributed by atoms with Crippen molar-refractivity contribution in [1.82, 2.24) is 42.1 Å². The first-order valence-electron chi connectivity index (χ1n) is 24.5. The molecule has 0 aromatic heterocycles. The van der Waals surface area contributed by atoms with E-state index in [0.29, 0.717) is 24.8 Å². The summed E-state index contributed by atoms with van der Waals surface area (Å²) in [6.45, 7) is 5.51. The first-order chi connectivity index (χ1) is 34.6. The van der Waals surface area contributed by atoms with Gasteiger partial charge in [0, 0.05) is 44.2 Å². The fraction of sp³-hybridized carbons (Fsp3) is 0.625. The van der Waals surface area contributed by atoms with Crippen LogP contribution in [-0.4, -0.2) is 151 Å². The molecule has 7 atom stereocenters. The highest BCUT2D eigenvalue weighted by molar-refractivity contribution is 8.21. The predicted octanol–water partition coefficient (Wildman–Crippen LogP) is 0.00160. The zero-order valence-electron chi connectivity index (χ0n) is 41.5. The minimum Gasteiger partial charge on any atom is -0.481 e. The number of carbonyl (C=O) groups is 12. The van der Waals surface area contributed by atoms with E-state index < -0.39 is 155 Å². The van der Waals surface area contributed by atoms with E-state index in [2.05, 4.69) is 37.2 Å². The number of nitrogens with zero attached hydrogens (tertiary/aromatic N) is 1. The number of carboxylic acid groups (broad SMARTS) is 2. The molecule has 402 valence electrons. The van der Waals surface area contributed by atoms with Crippen molar-refractivity contribution in [2.75, 3.05) is 24.6 Å². The first-order valence-corrected chi connectivity index (χ1v) is 26.5. The monoisotopic (exact) mass is 1060 g/mol. The molecular formula is C48H69N9O14S2. The lowest BCUT2D eigenvalue weighted by molar-refractivity contribution is -0.145. The number of likely N-dealkylation sites (tertiary alicyclic amines) is 1. The fourth-order valence-corrected chi connectivity index (χ4v) is 12.3. The number of amides is 9. The third-order valence-corrected chi connectivity index (χ3v) is 16.2. The molecule has 2 saturated heterocycles. The van der Waals surface area contributed by atoms with Gasteiger partial charge >= 0.3 is 11.9 Å². The average molecular weight is 1060 g/mol. The SMILES string of the molecule is CCCC(NC(=O)[C@@H]1CC2(CN1C(=O)C(NC(=O)C(NC(=O)C(CCC(=O)O)NC(=O)C(CCC(=O)O)NC(C)=O)C(C)C)C1CCCCC1)SCCS2)C(=O)C(=O)NCC(=O)NC(C(N)=O)c1ccccc1. The fourth-order valence-electron chi connectivity index (χ4n) is 9.07. The van der Waals surface area contributed by atoms with Crippen LogP contribution in [0.3, 0.4) is 0 Å². The Bertz CT molecular complexity index is 2210. The van der Waals surface area contributed by atoms with Crippen molar-refractivity contribution in [2.45, 2.75) is 151 Å². The van der Waals surface area contributed by atoms with Crippen LogP contribution in [0.25, 0.3) is 0 Å². The predicted molar refractivity (Wildman–Crippen MR) is 268 cm³/mol. The summed E-state index contributed by atoms with van der Waals surface area (Å²) in [6.07, 6.45) is 2.15. The average Bonchev–Trinajstić information content (AvgIpc) is 3.98. The van der Waals surface area contributed by atoms with Crippen LogP contribution in [0.15, 0.2) is 30.3 Å². The molecule has 4 rings (SSSR count). The van der Waals surface area contributed by atoms with Crippen molar-refractivity contribution < 1.29 is 67.7 Å². The Labute approximate surface area is 431 Å². The highest BCUT2D eigenvalue weighted by atomic mass is 32.2. The smallest absolute Gasteiger partial charge is 0.303 e. The number of Topliss-reactive ketones (excluding diaryl/α,β-unsaturated/α-hetero) is 1. The Morgan fingerprint density at radius 3 is 1.88 bits per heavy atom. The molecule has 6 unspecified atom stereocenters. The van der Waals surface area contributed by atoms with Gasteiger partial charge in [-0.15, -0.1) is 23.5 Å². The Morgan fingerprint density at radius 1 is 0.740 bits per heavy atom. The van der Waals surface area contributed by atoms with Crippen molar-refractivity contribution in [1.29, 1.82) is 0 Å². The molecule has 2 heterocycles. The number of hydrogen-bond donors (Lipinski definition) is 10. The molecule has 11 N–H and O–H groups in total. The molecule has 1 aromatic carbocycles. The second-order valence-corrected chi connectivity index (χ2v) is 22.0. The molecule has 23 nitrogen and oxygen atoms in total. The van der Waals surface area contributed by atoms with Gasteiger partial charge in [0.25, 0.3) is 5.91 Å². The minimum absolute atomic E-state index is 0.0295. The van der Waals surface area contributed by atoms with E-state index in [-0.39, 0.29) is 25.8 Å². The summed E-state index contributed by atoms with van der Waals surface area (Å²) >= 11 is 3.18. The normalized spacial score (nSPS) is 18.7. The third kappa shape index (κ3) is 17.7. The van der Waals surface area contributed by atoms with Gasteiger partial charge in [0.1, 0.15) is 36.3 Å². The van der Waals surface area contributed by atoms with E-state index in [1.54, 1.807) is 74.6 Å². The highest BCUT2D eigenvalue weighted by Crippen LogP contribution is 2.52. The number of ketones is 1. The second-order valence-electron chi connectivity index (χ2n) is 18.8. The maximum Gasteiger partial charge on any atom is 0.303 e. The maximum atomic E-state index is 15.1. The molecule has 1 spiro atoms. The number of nitrogens with one attached hydrogen (secondary N) is 7. The van der Waals surface area contributed by atoms with Crippen LogP contribution < -0.4 is 43.0 Å². The van der Waals surface area contributed by atoms with E-state index in [4.69, 9.17) is 5.73 Å². The molecule has 1 aromatic rings. The van der Waals surface area contributed by atoms with Crippen LogP contribution in [-0.2, 0) is 57.5 Å². The Balaban J connectivity index is 1.55. The van der Waals surface area contributed by atoms with Gasteiger partial charge in [-0.05, 0) is 49.5 Å². The number of carboxylic acids is 2. The lowest BCUT2D eigenvalue weighted by Crippen LogP contribution is -2.62. The van der Waals surface area contributed by atoms with Gasteiger partial charge in [-0.2, -0.15) is 0 Å². The van der Waals surface area contributed by atoms with Crippen LogP contribution in [0.2, 0.25) is 0 Å². The van der Waals surface area contributed by atoms with Gasteiger partial charge in [0.05, 0.1) is 16.7 Å². The zero-order chi connectivity index (χ0) is 54.0. The van der Waals surface area contributed by atoms with Crippen LogP contribution in [0.4, 0.5) is 0 Å². The van der Waals surface area contributed by atoms with Gasteiger partial charge < -0.3 is 58.1 Å². The summed E-state index contributed by atoms with van der Waals surface area (Å²) in [5, 5.41) is 36.3. The summed E-state index contributed by atoms with van der Waals surface area (Å²) in [6, 6.07) is -1.00. The second kappa shape index (κ2) is 28.3. The van der Waals surface area contributed by atoms with E-state index in [0.717, 1.165) is 37.7 Å². The Hall–Kier alpha value is -6.24. The molecule has 1 saturated carbocycles. The molecule has 0 bridgehead atoms. The molecule has 73 heavy (non-hydrogen) atoms. The third-order valence-electron chi connectivity index (χ3n) is 12.8. The zero-order valence-corrected chi connectivity index (χ0v) is 43.2.